The summed E-state index contributed by atoms with van der Waals surface area (Å²) in [5.41, 5.74) is -3.54. The number of hydrogen-bond donors (Lipinski definition) is 3. The zero-order valence-electron chi connectivity index (χ0n) is 9.27. The van der Waals surface area contributed by atoms with Crippen molar-refractivity contribution in [2.45, 2.75) is 12.5 Å². The lowest BCUT2D eigenvalue weighted by atomic mass is 9.80. The van der Waals surface area contributed by atoms with Crippen molar-refractivity contribution in [1.29, 1.82) is 0 Å². The molecule has 2 atom stereocenters. The Kier molecular flexibility index (Phi) is 4.13. The van der Waals surface area contributed by atoms with Crippen molar-refractivity contribution < 1.29 is 24.9 Å². The molecule has 0 aromatic carbocycles. The van der Waals surface area contributed by atoms with E-state index in [9.17, 15) is 30.1 Å². The molecular weight excluding hydrogens is 250 g/mol. The maximum absolute atomic E-state index is 11.0. The van der Waals surface area contributed by atoms with Gasteiger partial charge in [-0.25, -0.2) is 4.79 Å². The second-order valence-corrected chi connectivity index (χ2v) is 3.50. The Morgan fingerprint density at radius 3 is 2.28 bits per heavy atom. The third-order valence-corrected chi connectivity index (χ3v) is 2.62. The van der Waals surface area contributed by atoms with Gasteiger partial charge in [0.2, 0.25) is 0 Å². The quantitative estimate of drug-likeness (QED) is 0.485. The van der Waals surface area contributed by atoms with Crippen LogP contribution in [0.3, 0.4) is 0 Å². The monoisotopic (exact) mass is 261 g/mol. The molecule has 18 heavy (non-hydrogen) atoms. The summed E-state index contributed by atoms with van der Waals surface area (Å²) in [5.74, 6) is -3.97. The van der Waals surface area contributed by atoms with Gasteiger partial charge in [0.25, 0.3) is 5.70 Å². The third kappa shape index (κ3) is 2.00. The van der Waals surface area contributed by atoms with Gasteiger partial charge < -0.3 is 16.4 Å². The largest absolute Gasteiger partial charge is 0.511 e. The van der Waals surface area contributed by atoms with Crippen LogP contribution in [0.1, 0.15) is 6.92 Å². The first-order valence-corrected chi connectivity index (χ1v) is 4.39. The van der Waals surface area contributed by atoms with Gasteiger partial charge in [0.05, 0.1) is 23.0 Å². The number of nitrogens with zero attached hydrogens (tertiary/aromatic N) is 2. The minimum absolute atomic E-state index is 0. The molecule has 2 unspecified atom stereocenters. The number of carbonyl (C=O) groups is 1. The van der Waals surface area contributed by atoms with Crippen LogP contribution < -0.4 is 6.15 Å². The fourth-order valence-corrected chi connectivity index (χ4v) is 1.54. The van der Waals surface area contributed by atoms with Gasteiger partial charge in [-0.15, -0.1) is 0 Å². The van der Waals surface area contributed by atoms with Gasteiger partial charge in [0.15, 0.2) is 0 Å². The minimum atomic E-state index is -2.72. The van der Waals surface area contributed by atoms with Crippen LogP contribution in [0.15, 0.2) is 23.6 Å². The highest BCUT2D eigenvalue weighted by molar-refractivity contribution is 5.81. The maximum atomic E-state index is 11.0. The zero-order chi connectivity index (χ0) is 13.4. The molecule has 0 fully saturated rings. The molecule has 0 aromatic rings. The highest BCUT2D eigenvalue weighted by atomic mass is 16.6. The van der Waals surface area contributed by atoms with Crippen LogP contribution in [0.2, 0.25) is 0 Å². The summed E-state index contributed by atoms with van der Waals surface area (Å²) in [7, 11) is 0. The topological polar surface area (TPSA) is 179 Å². The van der Waals surface area contributed by atoms with Gasteiger partial charge in [0, 0.05) is 4.92 Å². The average Bonchev–Trinajstić information content (AvgIpc) is 2.20. The van der Waals surface area contributed by atoms with E-state index in [0.717, 1.165) is 6.92 Å². The zero-order valence-corrected chi connectivity index (χ0v) is 9.27. The average molecular weight is 261 g/mol. The second kappa shape index (κ2) is 4.79. The second-order valence-electron chi connectivity index (χ2n) is 3.50. The van der Waals surface area contributed by atoms with Crippen molar-refractivity contribution in [3.8, 4) is 0 Å². The van der Waals surface area contributed by atoms with Gasteiger partial charge in [-0.2, -0.15) is 0 Å². The molecule has 0 amide bonds. The number of carboxylic acids is 1. The molecule has 0 radical (unpaired) electrons. The molecule has 100 valence electrons. The molecule has 0 bridgehead atoms. The van der Waals surface area contributed by atoms with E-state index in [0.29, 0.717) is 12.2 Å². The first-order valence-electron chi connectivity index (χ1n) is 4.39. The summed E-state index contributed by atoms with van der Waals surface area (Å²) < 4.78 is 0. The lowest BCUT2D eigenvalue weighted by Gasteiger charge is -2.25. The Morgan fingerprint density at radius 2 is 1.94 bits per heavy atom. The Labute approximate surface area is 100 Å². The van der Waals surface area contributed by atoms with E-state index in [4.69, 9.17) is 5.11 Å². The summed E-state index contributed by atoms with van der Waals surface area (Å²) in [6.45, 7) is 1.11. The molecule has 1 rings (SSSR count). The molecule has 0 saturated carbocycles. The van der Waals surface area contributed by atoms with Gasteiger partial charge >= 0.3 is 11.5 Å². The molecular formula is C8H11N3O7. The fourth-order valence-electron chi connectivity index (χ4n) is 1.54. The SMILES string of the molecule is CC1C(O)=CC([N+](=O)[O-])=CC1(C(=O)O)[N+](=O)[O-].N. The highest BCUT2D eigenvalue weighted by Gasteiger charge is 2.59. The van der Waals surface area contributed by atoms with Gasteiger partial charge in [-0.05, 0) is 6.92 Å². The molecule has 0 saturated heterocycles. The summed E-state index contributed by atoms with van der Waals surface area (Å²) in [4.78, 5) is 30.2. The third-order valence-electron chi connectivity index (χ3n) is 2.62. The van der Waals surface area contributed by atoms with Crippen LogP contribution in [0.25, 0.3) is 0 Å². The Balaban J connectivity index is 0.00000289. The van der Waals surface area contributed by atoms with Crippen molar-refractivity contribution in [1.82, 2.24) is 6.15 Å². The van der Waals surface area contributed by atoms with Crippen LogP contribution in [0.5, 0.6) is 0 Å². The first kappa shape index (κ1) is 15.5. The van der Waals surface area contributed by atoms with Crippen molar-refractivity contribution >= 4 is 5.97 Å². The number of aliphatic hydroxyl groups is 1. The lowest BCUT2D eigenvalue weighted by Crippen LogP contribution is -2.52. The molecule has 1 aliphatic rings. The maximum Gasteiger partial charge on any atom is 0.387 e. The van der Waals surface area contributed by atoms with Crippen molar-refractivity contribution in [3.63, 3.8) is 0 Å². The number of carboxylic acid groups (broad SMARTS) is 1. The van der Waals surface area contributed by atoms with E-state index in [-0.39, 0.29) is 6.15 Å². The van der Waals surface area contributed by atoms with Crippen molar-refractivity contribution in [3.05, 3.63) is 43.8 Å². The van der Waals surface area contributed by atoms with Gasteiger partial charge in [-0.3, -0.25) is 20.2 Å². The van der Waals surface area contributed by atoms with Gasteiger partial charge in [0.1, 0.15) is 5.76 Å². The summed E-state index contributed by atoms with van der Waals surface area (Å²) in [6.07, 6.45) is 1.13. The molecule has 1 aliphatic carbocycles. The van der Waals surface area contributed by atoms with E-state index in [1.807, 2.05) is 0 Å². The molecule has 0 aliphatic heterocycles. The normalized spacial score (nSPS) is 26.4. The fraction of sp³-hybridized carbons (Fsp3) is 0.375. The predicted molar refractivity (Wildman–Crippen MR) is 57.3 cm³/mol. The molecule has 10 nitrogen and oxygen atoms in total. The summed E-state index contributed by atoms with van der Waals surface area (Å²) >= 11 is 0. The number of allylic oxidation sites excluding steroid dienone is 1. The van der Waals surface area contributed by atoms with E-state index < -0.39 is 38.7 Å². The van der Waals surface area contributed by atoms with Gasteiger partial charge in [-0.1, -0.05) is 0 Å². The standard InChI is InChI=1S/C8H8N2O7.H3N/c1-4-6(11)2-5(9(14)15)3-8(4,7(12)13)10(16)17;/h2-4,11H,1H3,(H,12,13);1H3. The number of hydrogen-bond acceptors (Lipinski definition) is 7. The molecule has 5 N–H and O–H groups in total. The van der Waals surface area contributed by atoms with E-state index >= 15 is 0 Å². The van der Waals surface area contributed by atoms with Crippen LogP contribution in [-0.2, 0) is 4.79 Å². The van der Waals surface area contributed by atoms with E-state index in [1.54, 1.807) is 0 Å². The molecule has 10 heteroatoms. The molecule has 0 aromatic heterocycles. The Morgan fingerprint density at radius 1 is 1.44 bits per heavy atom. The molecule has 0 spiro atoms. The molecule has 0 heterocycles. The van der Waals surface area contributed by atoms with Crippen LogP contribution in [-0.4, -0.2) is 31.6 Å². The predicted octanol–water partition coefficient (Wildman–Crippen LogP) is 0.501. The first-order chi connectivity index (χ1) is 7.73. The van der Waals surface area contributed by atoms with Crippen LogP contribution in [0, 0.1) is 26.1 Å². The summed E-state index contributed by atoms with van der Waals surface area (Å²) in [6, 6.07) is 0. The lowest BCUT2D eigenvalue weighted by molar-refractivity contribution is -0.551. The summed E-state index contributed by atoms with van der Waals surface area (Å²) in [5, 5.41) is 39.6. The van der Waals surface area contributed by atoms with Crippen LogP contribution >= 0.6 is 0 Å². The van der Waals surface area contributed by atoms with Crippen molar-refractivity contribution in [2.75, 3.05) is 0 Å². The van der Waals surface area contributed by atoms with E-state index in [2.05, 4.69) is 0 Å². The van der Waals surface area contributed by atoms with Crippen LogP contribution in [0.4, 0.5) is 0 Å². The van der Waals surface area contributed by atoms with E-state index in [1.165, 1.54) is 0 Å². The Hall–Kier alpha value is -2.49. The number of nitro groups is 2. The Bertz CT molecular complexity index is 453. The van der Waals surface area contributed by atoms with Crippen molar-refractivity contribution in [2.24, 2.45) is 5.92 Å². The number of rotatable bonds is 3. The number of aliphatic carboxylic acids is 1. The highest BCUT2D eigenvalue weighted by Crippen LogP contribution is 2.34. The minimum Gasteiger partial charge on any atom is -0.511 e. The smallest absolute Gasteiger partial charge is 0.387 e. The number of aliphatic hydroxyl groups excluding tert-OH is 1.